The van der Waals surface area contributed by atoms with E-state index in [2.05, 4.69) is 178 Å². The second-order valence-electron chi connectivity index (χ2n) is 15.2. The number of benzene rings is 4. The molecule has 0 saturated heterocycles. The molecule has 0 nitrogen and oxygen atoms in total. The number of allylic oxidation sites excluding steroid dienone is 2. The first kappa shape index (κ1) is 46.5. The zero-order chi connectivity index (χ0) is 33.9. The van der Waals surface area contributed by atoms with Gasteiger partial charge in [0.25, 0.3) is 0 Å². The van der Waals surface area contributed by atoms with E-state index in [1.54, 1.807) is 0 Å². The van der Waals surface area contributed by atoms with Crippen molar-refractivity contribution in [2.75, 3.05) is 0 Å². The van der Waals surface area contributed by atoms with Crippen molar-refractivity contribution in [3.63, 3.8) is 0 Å². The summed E-state index contributed by atoms with van der Waals surface area (Å²) >= 11 is 1.36. The Morgan fingerprint density at radius 3 is 1.67 bits per heavy atom. The molecule has 1 aliphatic rings. The van der Waals surface area contributed by atoms with Crippen molar-refractivity contribution in [1.82, 2.24) is 0 Å². The van der Waals surface area contributed by atoms with Crippen LogP contribution < -0.4 is 0 Å². The Morgan fingerprint density at radius 1 is 0.647 bits per heavy atom. The molecule has 1 atom stereocenters. The normalized spacial score (nSPS) is 13.4. The van der Waals surface area contributed by atoms with Gasteiger partial charge in [0.2, 0.25) is 0 Å². The molecule has 1 aliphatic carbocycles. The predicted octanol–water partition coefficient (Wildman–Crippen LogP) is 14.5. The molecule has 0 bridgehead atoms. The zero-order valence-electron chi connectivity index (χ0n) is 32.3. The summed E-state index contributed by atoms with van der Waals surface area (Å²) in [6.45, 7) is 21.0. The molecule has 6 aromatic carbocycles. The summed E-state index contributed by atoms with van der Waals surface area (Å²) in [6.07, 6.45) is 7.15. The Kier molecular flexibility index (Phi) is 17.8. The van der Waals surface area contributed by atoms with Gasteiger partial charge in [0, 0.05) is 0 Å². The van der Waals surface area contributed by atoms with Crippen LogP contribution in [0.25, 0.3) is 43.8 Å². The van der Waals surface area contributed by atoms with Crippen LogP contribution in [0.15, 0.2) is 115 Å². The Labute approximate surface area is 339 Å². The van der Waals surface area contributed by atoms with E-state index in [0.29, 0.717) is 5.92 Å². The van der Waals surface area contributed by atoms with E-state index in [1.807, 2.05) is 0 Å². The van der Waals surface area contributed by atoms with Gasteiger partial charge in [-0.25, -0.2) is 0 Å². The fourth-order valence-electron chi connectivity index (χ4n) is 6.77. The second-order valence-corrected chi connectivity index (χ2v) is 15.2. The van der Waals surface area contributed by atoms with Crippen LogP contribution in [-0.2, 0) is 34.2 Å². The quantitative estimate of drug-likeness (QED) is 0.0949. The monoisotopic (exact) mass is 808 g/mol. The molecule has 7 rings (SSSR count). The number of hydrogen-bond acceptors (Lipinski definition) is 0. The van der Waals surface area contributed by atoms with Crippen LogP contribution in [0.4, 0.5) is 0 Å². The fourth-order valence-corrected chi connectivity index (χ4v) is 6.77. The average molecular weight is 811 g/mol. The Hall–Kier alpha value is -2.48. The van der Waals surface area contributed by atoms with Gasteiger partial charge in [-0.05, 0) is 51.8 Å². The predicted molar refractivity (Wildman–Crippen MR) is 231 cm³/mol. The molecule has 0 aliphatic heterocycles. The topological polar surface area (TPSA) is 0 Å². The summed E-state index contributed by atoms with van der Waals surface area (Å²) in [5, 5.41) is 5.50. The van der Waals surface area contributed by atoms with E-state index in [9.17, 15) is 0 Å². The molecule has 0 spiro atoms. The van der Waals surface area contributed by atoms with Gasteiger partial charge in [0.05, 0.1) is 0 Å². The molecule has 0 fully saturated rings. The summed E-state index contributed by atoms with van der Waals surface area (Å²) in [5.41, 5.74) is 12.6. The Balaban J connectivity index is 0.000000456. The van der Waals surface area contributed by atoms with Gasteiger partial charge < -0.3 is 14.9 Å². The van der Waals surface area contributed by atoms with Crippen molar-refractivity contribution in [1.29, 1.82) is 0 Å². The van der Waals surface area contributed by atoms with Gasteiger partial charge in [-0.3, -0.25) is 0 Å². The summed E-state index contributed by atoms with van der Waals surface area (Å²) < 4.78 is 0. The molecular weight excluding hydrogens is 755 g/mol. The minimum absolute atomic E-state index is 0. The number of fused-ring (bicyclic) bond motifs is 2. The molecule has 0 saturated carbocycles. The van der Waals surface area contributed by atoms with E-state index < -0.39 is 0 Å². The standard InChI is InChI=1S/C24H25.C21H23.2CH3.2ClH.Si.Zr/c1-24(2,3)21-13-11-18(12-14-21)22-10-6-9-19-15-20(16-23(19)22)17-7-4-5-8-17;1-14-12-19-15(2)6-11-18(20(19)13-14)16-7-9-17(10-8-16)21(3,4)5;;;;;;/h4,6-7,9-17H,5,8H2,1-3H3;6-13H,1-5H3;2*1H3;2*1H;;/q4*-1;;;;. The van der Waals surface area contributed by atoms with E-state index in [-0.39, 0.29) is 50.5 Å². The van der Waals surface area contributed by atoms with E-state index in [0.717, 1.165) is 0 Å². The third kappa shape index (κ3) is 10.8. The first-order valence-corrected chi connectivity index (χ1v) is 21.1. The van der Waals surface area contributed by atoms with Crippen molar-refractivity contribution < 1.29 is 23.3 Å². The molecule has 0 amide bonds. The number of rotatable bonds is 3. The van der Waals surface area contributed by atoms with Crippen LogP contribution in [-0.4, -0.2) is 6.88 Å². The molecule has 0 N–H and O–H groups in total. The first-order chi connectivity index (χ1) is 22.4. The second kappa shape index (κ2) is 19.6. The number of halogens is 2. The first-order valence-electron chi connectivity index (χ1n) is 16.9. The maximum absolute atomic E-state index is 3.06. The van der Waals surface area contributed by atoms with Crippen molar-refractivity contribution in [3.8, 4) is 22.3 Å². The van der Waals surface area contributed by atoms with E-state index in [1.165, 1.54) is 108 Å². The van der Waals surface area contributed by atoms with Crippen molar-refractivity contribution in [2.45, 2.75) is 85.0 Å². The van der Waals surface area contributed by atoms with Crippen LogP contribution in [0.5, 0.6) is 0 Å². The van der Waals surface area contributed by atoms with Gasteiger partial charge in [-0.1, -0.05) is 139 Å². The van der Waals surface area contributed by atoms with Gasteiger partial charge in [-0.2, -0.15) is 12.1 Å². The van der Waals surface area contributed by atoms with Crippen LogP contribution >= 0.6 is 24.8 Å². The Morgan fingerprint density at radius 2 is 1.18 bits per heavy atom. The fraction of sp³-hybridized carbons (Fsp3) is 0.277. The van der Waals surface area contributed by atoms with Crippen LogP contribution in [0.3, 0.4) is 0 Å². The van der Waals surface area contributed by atoms with Crippen LogP contribution in [0, 0.1) is 28.7 Å². The number of hydrogen-bond donors (Lipinski definition) is 0. The summed E-state index contributed by atoms with van der Waals surface area (Å²) in [5.74, 6) is 0.605. The average Bonchev–Trinajstić information content (AvgIpc) is 3.82. The number of aryl methyl sites for hydroxylation is 2. The van der Waals surface area contributed by atoms with Gasteiger partial charge in [-0.15, -0.1) is 93.4 Å². The van der Waals surface area contributed by atoms with E-state index in [4.69, 9.17) is 0 Å². The molecular formula is C47H56Cl2SiZr-4. The maximum atomic E-state index is 3.06. The summed E-state index contributed by atoms with van der Waals surface area (Å²) in [6, 6.07) is 38.7. The van der Waals surface area contributed by atoms with Gasteiger partial charge in [0.15, 0.2) is 0 Å². The van der Waals surface area contributed by atoms with Gasteiger partial charge in [0.1, 0.15) is 0 Å². The Bertz CT molecular complexity index is 2000. The third-order valence-electron chi connectivity index (χ3n) is 9.59. The minimum atomic E-state index is 0. The summed E-state index contributed by atoms with van der Waals surface area (Å²) in [7, 11) is 0. The summed E-state index contributed by atoms with van der Waals surface area (Å²) in [4.78, 5) is 0. The molecule has 0 aromatic heterocycles. The van der Waals surface area contributed by atoms with Crippen molar-refractivity contribution >= 4 is 53.2 Å². The molecule has 1 unspecified atom stereocenters. The van der Waals surface area contributed by atoms with Crippen molar-refractivity contribution in [2.24, 2.45) is 0 Å². The van der Waals surface area contributed by atoms with Crippen LogP contribution in [0.1, 0.15) is 88.1 Å². The molecule has 4 heteroatoms. The van der Waals surface area contributed by atoms with Gasteiger partial charge >= 0.3 is 30.2 Å². The van der Waals surface area contributed by atoms with Crippen molar-refractivity contribution in [3.05, 3.63) is 158 Å². The molecule has 270 valence electrons. The van der Waals surface area contributed by atoms with E-state index >= 15 is 0 Å². The SMILES string of the molecule is CC(C)(C)c1ccc(-c2cccc3[cH-]c(C4C=CCC4)cc23)cc1.Cc1cc2c(-c3ccc(C(C)(C)C)cc3)ccc(C)c2[cH-]1.Cl.Cl.[CH3-].[CH3-].[Si]=[Zr]. The molecule has 6 aromatic rings. The zero-order valence-corrected chi connectivity index (χ0v) is 37.4. The van der Waals surface area contributed by atoms with Crippen LogP contribution in [0.2, 0.25) is 0 Å². The molecule has 2 radical (unpaired) electrons. The molecule has 0 heterocycles. The third-order valence-corrected chi connectivity index (χ3v) is 9.59. The molecule has 51 heavy (non-hydrogen) atoms.